The third-order valence-corrected chi connectivity index (χ3v) is 6.72. The molecule has 0 spiro atoms. The number of hydrogen-bond donors (Lipinski definition) is 1. The van der Waals surface area contributed by atoms with Gasteiger partial charge in [-0.25, -0.2) is 21.6 Å². The Hall–Kier alpha value is -2.10. The minimum absolute atomic E-state index is 0.0591. The Kier molecular flexibility index (Phi) is 5.97. The molecule has 2 aromatic rings. The molecule has 1 fully saturated rings. The number of nitrogens with one attached hydrogen (secondary N) is 1. The molecule has 3 rings (SSSR count). The van der Waals surface area contributed by atoms with Crippen molar-refractivity contribution in [1.29, 1.82) is 0 Å². The summed E-state index contributed by atoms with van der Waals surface area (Å²) in [5, 5.41) is 2.51. The largest absolute Gasteiger partial charge is 0.326 e. The maximum atomic E-state index is 13.4. The van der Waals surface area contributed by atoms with Gasteiger partial charge >= 0.3 is 0 Å². The number of piperidine rings is 1. The second-order valence-electron chi connectivity index (χ2n) is 6.37. The van der Waals surface area contributed by atoms with Crippen molar-refractivity contribution < 1.29 is 26.4 Å². The average Bonchev–Trinajstić information content (AvgIpc) is 2.67. The van der Waals surface area contributed by atoms with Crippen LogP contribution in [-0.2, 0) is 14.8 Å². The van der Waals surface area contributed by atoms with Crippen LogP contribution in [0.3, 0.4) is 0 Å². The zero-order chi connectivity index (χ0) is 20.5. The van der Waals surface area contributed by atoms with Gasteiger partial charge in [0.2, 0.25) is 15.9 Å². The Labute approximate surface area is 165 Å². The minimum atomic E-state index is -3.98. The van der Waals surface area contributed by atoms with E-state index < -0.39 is 33.4 Å². The molecule has 0 saturated carbocycles. The summed E-state index contributed by atoms with van der Waals surface area (Å²) in [5.41, 5.74) is 0.341. The molecule has 0 radical (unpaired) electrons. The number of sulfonamides is 1. The lowest BCUT2D eigenvalue weighted by Crippen LogP contribution is -2.41. The Morgan fingerprint density at radius 3 is 2.25 bits per heavy atom. The highest BCUT2D eigenvalue weighted by Gasteiger charge is 2.32. The van der Waals surface area contributed by atoms with Gasteiger partial charge in [0.25, 0.3) is 0 Å². The summed E-state index contributed by atoms with van der Waals surface area (Å²) in [4.78, 5) is 12.0. The van der Waals surface area contributed by atoms with Gasteiger partial charge in [-0.05, 0) is 49.2 Å². The number of halogens is 4. The number of amides is 1. The Bertz CT molecular complexity index is 1010. The first-order chi connectivity index (χ1) is 13.2. The van der Waals surface area contributed by atoms with E-state index in [0.717, 1.165) is 22.5 Å². The van der Waals surface area contributed by atoms with Crippen molar-refractivity contribution >= 4 is 33.2 Å². The fourth-order valence-corrected chi connectivity index (χ4v) is 4.63. The molecule has 0 atom stereocenters. The van der Waals surface area contributed by atoms with Gasteiger partial charge in [0.15, 0.2) is 11.6 Å². The van der Waals surface area contributed by atoms with Crippen LogP contribution in [-0.4, -0.2) is 31.7 Å². The van der Waals surface area contributed by atoms with Gasteiger partial charge in [-0.1, -0.05) is 11.6 Å². The predicted octanol–water partition coefficient (Wildman–Crippen LogP) is 3.80. The normalized spacial score (nSPS) is 16.1. The molecule has 1 N–H and O–H groups in total. The van der Waals surface area contributed by atoms with Crippen molar-refractivity contribution in [3.63, 3.8) is 0 Å². The van der Waals surface area contributed by atoms with E-state index in [1.54, 1.807) is 0 Å². The summed E-state index contributed by atoms with van der Waals surface area (Å²) in [5.74, 6) is -3.74. The molecule has 0 aliphatic carbocycles. The molecular formula is C18H16ClF3N2O3S. The first-order valence-corrected chi connectivity index (χ1v) is 10.2. The molecule has 2 aromatic carbocycles. The smallest absolute Gasteiger partial charge is 0.243 e. The topological polar surface area (TPSA) is 66.5 Å². The van der Waals surface area contributed by atoms with E-state index in [2.05, 4.69) is 5.32 Å². The molecular weight excluding hydrogens is 417 g/mol. The summed E-state index contributed by atoms with van der Waals surface area (Å²) < 4.78 is 65.9. The summed E-state index contributed by atoms with van der Waals surface area (Å²) in [7, 11) is -3.98. The summed E-state index contributed by atoms with van der Waals surface area (Å²) in [6.07, 6.45) is 0.507. The van der Waals surface area contributed by atoms with Crippen LogP contribution in [0.4, 0.5) is 18.9 Å². The van der Waals surface area contributed by atoms with Crippen molar-refractivity contribution in [3.05, 3.63) is 58.9 Å². The maximum Gasteiger partial charge on any atom is 0.243 e. The average molecular weight is 433 g/mol. The van der Waals surface area contributed by atoms with E-state index in [1.807, 2.05) is 0 Å². The molecule has 0 aromatic heterocycles. The highest BCUT2D eigenvalue weighted by molar-refractivity contribution is 7.89. The lowest BCUT2D eigenvalue weighted by molar-refractivity contribution is -0.120. The second-order valence-corrected chi connectivity index (χ2v) is 8.72. The van der Waals surface area contributed by atoms with E-state index in [1.165, 1.54) is 12.1 Å². The van der Waals surface area contributed by atoms with Crippen molar-refractivity contribution in [3.8, 4) is 0 Å². The quantitative estimate of drug-likeness (QED) is 0.799. The molecule has 28 heavy (non-hydrogen) atoms. The van der Waals surface area contributed by atoms with Gasteiger partial charge in [0.1, 0.15) is 5.82 Å². The number of nitrogens with zero attached hydrogens (tertiary/aromatic N) is 1. The minimum Gasteiger partial charge on any atom is -0.326 e. The third kappa shape index (κ3) is 4.31. The fourth-order valence-electron chi connectivity index (χ4n) is 2.96. The van der Waals surface area contributed by atoms with Crippen LogP contribution < -0.4 is 5.32 Å². The Morgan fingerprint density at radius 2 is 1.64 bits per heavy atom. The van der Waals surface area contributed by atoms with Crippen LogP contribution in [0.5, 0.6) is 0 Å². The van der Waals surface area contributed by atoms with Crippen molar-refractivity contribution in [1.82, 2.24) is 4.31 Å². The van der Waals surface area contributed by atoms with E-state index in [0.29, 0.717) is 11.8 Å². The molecule has 0 bridgehead atoms. The van der Waals surface area contributed by atoms with Gasteiger partial charge in [-0.2, -0.15) is 4.31 Å². The molecule has 5 nitrogen and oxygen atoms in total. The first kappa shape index (κ1) is 20.6. The number of anilines is 1. The number of hydrogen-bond acceptors (Lipinski definition) is 3. The molecule has 1 saturated heterocycles. The number of carbonyl (C=O) groups excluding carboxylic acids is 1. The highest BCUT2D eigenvalue weighted by Crippen LogP contribution is 2.26. The van der Waals surface area contributed by atoms with Gasteiger partial charge < -0.3 is 5.32 Å². The van der Waals surface area contributed by atoms with Crippen LogP contribution in [0, 0.1) is 23.4 Å². The summed E-state index contributed by atoms with van der Waals surface area (Å²) in [6, 6.07) is 6.21. The van der Waals surface area contributed by atoms with E-state index in [-0.39, 0.29) is 41.8 Å². The number of rotatable bonds is 4. The maximum absolute atomic E-state index is 13.4. The molecule has 1 heterocycles. The van der Waals surface area contributed by atoms with Crippen LogP contribution >= 0.6 is 11.6 Å². The molecule has 1 amide bonds. The third-order valence-electron chi connectivity index (χ3n) is 4.54. The molecule has 150 valence electrons. The SMILES string of the molecule is O=C(Nc1ccc(F)c(Cl)c1)C1CCN(S(=O)(=O)c2ccc(F)c(F)c2)CC1. The standard InChI is InChI=1S/C18H16ClF3N2O3S/c19-14-9-12(1-3-15(14)20)23-18(25)11-5-7-24(8-6-11)28(26,27)13-2-4-16(21)17(22)10-13/h1-4,9-11H,5-8H2,(H,23,25). The van der Waals surface area contributed by atoms with Gasteiger partial charge in [0, 0.05) is 24.7 Å². The zero-order valence-corrected chi connectivity index (χ0v) is 16.0. The Morgan fingerprint density at radius 1 is 1.00 bits per heavy atom. The highest BCUT2D eigenvalue weighted by atomic mass is 35.5. The van der Waals surface area contributed by atoms with E-state index >= 15 is 0 Å². The lowest BCUT2D eigenvalue weighted by Gasteiger charge is -2.30. The Balaban J connectivity index is 1.63. The molecule has 0 unspecified atom stereocenters. The van der Waals surface area contributed by atoms with Crippen molar-refractivity contribution in [2.24, 2.45) is 5.92 Å². The van der Waals surface area contributed by atoms with Crippen LogP contribution in [0.2, 0.25) is 5.02 Å². The van der Waals surface area contributed by atoms with E-state index in [4.69, 9.17) is 11.6 Å². The van der Waals surface area contributed by atoms with Crippen molar-refractivity contribution in [2.45, 2.75) is 17.7 Å². The zero-order valence-electron chi connectivity index (χ0n) is 14.5. The van der Waals surface area contributed by atoms with Crippen LogP contribution in [0.1, 0.15) is 12.8 Å². The van der Waals surface area contributed by atoms with E-state index in [9.17, 15) is 26.4 Å². The molecule has 1 aliphatic heterocycles. The summed E-state index contributed by atoms with van der Waals surface area (Å²) >= 11 is 5.68. The summed E-state index contributed by atoms with van der Waals surface area (Å²) in [6.45, 7) is 0.118. The predicted molar refractivity (Wildman–Crippen MR) is 97.9 cm³/mol. The van der Waals surface area contributed by atoms with Crippen molar-refractivity contribution in [2.75, 3.05) is 18.4 Å². The lowest BCUT2D eigenvalue weighted by atomic mass is 9.97. The number of carbonyl (C=O) groups is 1. The second kappa shape index (κ2) is 8.10. The fraction of sp³-hybridized carbons (Fsp3) is 0.278. The van der Waals surface area contributed by atoms with Gasteiger partial charge in [-0.3, -0.25) is 4.79 Å². The first-order valence-electron chi connectivity index (χ1n) is 8.39. The number of benzene rings is 2. The van der Waals surface area contributed by atoms with Crippen LogP contribution in [0.25, 0.3) is 0 Å². The molecule has 1 aliphatic rings. The van der Waals surface area contributed by atoms with Crippen LogP contribution in [0.15, 0.2) is 41.3 Å². The van der Waals surface area contributed by atoms with Gasteiger partial charge in [0.05, 0.1) is 9.92 Å². The molecule has 10 heteroatoms. The monoisotopic (exact) mass is 432 g/mol. The van der Waals surface area contributed by atoms with Gasteiger partial charge in [-0.15, -0.1) is 0 Å².